The molecule has 2 rings (SSSR count). The van der Waals surface area contributed by atoms with Gasteiger partial charge in [-0.05, 0) is 48.0 Å². The molecule has 0 atom stereocenters. The van der Waals surface area contributed by atoms with Crippen LogP contribution in [-0.4, -0.2) is 24.9 Å². The molecule has 21 heavy (non-hydrogen) atoms. The van der Waals surface area contributed by atoms with Gasteiger partial charge in [0.1, 0.15) is 10.7 Å². The van der Waals surface area contributed by atoms with Crippen LogP contribution in [0.2, 0.25) is 0 Å². The molecule has 0 saturated carbocycles. The molecule has 0 radical (unpaired) electrons. The average Bonchev–Trinajstić information content (AvgIpc) is 2.43. The van der Waals surface area contributed by atoms with E-state index in [-0.39, 0.29) is 4.90 Å². The van der Waals surface area contributed by atoms with E-state index < -0.39 is 10.0 Å². The van der Waals surface area contributed by atoms with Crippen LogP contribution in [0.25, 0.3) is 0 Å². The van der Waals surface area contributed by atoms with Crippen molar-refractivity contribution >= 4 is 37.5 Å². The number of hydrogen-bond donors (Lipinski definition) is 2. The number of pyridine rings is 2. The van der Waals surface area contributed by atoms with Gasteiger partial charge in [-0.25, -0.2) is 13.4 Å². The summed E-state index contributed by atoms with van der Waals surface area (Å²) in [6.45, 7) is 4.18. The number of nitrogens with zero attached hydrogens (tertiary/aromatic N) is 2. The maximum Gasteiger partial charge on any atom is 0.265 e. The molecule has 0 aromatic carbocycles. The van der Waals surface area contributed by atoms with Gasteiger partial charge in [-0.15, -0.1) is 0 Å². The minimum Gasteiger partial charge on any atom is -0.369 e. The van der Waals surface area contributed by atoms with Gasteiger partial charge in [0, 0.05) is 23.4 Å². The van der Waals surface area contributed by atoms with Crippen molar-refractivity contribution in [3.63, 3.8) is 0 Å². The van der Waals surface area contributed by atoms with E-state index in [9.17, 15) is 8.42 Å². The number of anilines is 2. The van der Waals surface area contributed by atoms with Gasteiger partial charge in [-0.2, -0.15) is 0 Å². The van der Waals surface area contributed by atoms with E-state index in [4.69, 9.17) is 0 Å². The fourth-order valence-corrected chi connectivity index (χ4v) is 3.48. The van der Waals surface area contributed by atoms with Crippen LogP contribution >= 0.6 is 15.9 Å². The van der Waals surface area contributed by atoms with Crippen LogP contribution in [0.4, 0.5) is 11.5 Å². The SMILES string of the molecule is CCNc1ncc(Br)cc1S(=O)(=O)Nc1cccnc1C. The standard InChI is InChI=1S/C13H15BrN4O2S/c1-3-15-13-12(7-10(14)8-17-13)21(19,20)18-11-5-4-6-16-9(11)2/h4-8,18H,3H2,1-2H3,(H,15,17). The Labute approximate surface area is 132 Å². The quantitative estimate of drug-likeness (QED) is 0.845. The van der Waals surface area contributed by atoms with Crippen molar-refractivity contribution in [1.29, 1.82) is 0 Å². The summed E-state index contributed by atoms with van der Waals surface area (Å²) in [5, 5.41) is 2.94. The molecule has 2 aromatic heterocycles. The Balaban J connectivity index is 2.44. The Morgan fingerprint density at radius 3 is 2.76 bits per heavy atom. The zero-order valence-corrected chi connectivity index (χ0v) is 14.0. The Morgan fingerprint density at radius 1 is 1.33 bits per heavy atom. The zero-order valence-electron chi connectivity index (χ0n) is 11.6. The van der Waals surface area contributed by atoms with Gasteiger partial charge in [0.05, 0.1) is 11.4 Å². The van der Waals surface area contributed by atoms with Crippen molar-refractivity contribution in [3.05, 3.63) is 40.8 Å². The van der Waals surface area contributed by atoms with Gasteiger partial charge in [0.25, 0.3) is 10.0 Å². The lowest BCUT2D eigenvalue weighted by Crippen LogP contribution is -2.17. The summed E-state index contributed by atoms with van der Waals surface area (Å²) in [4.78, 5) is 8.26. The average molecular weight is 371 g/mol. The lowest BCUT2D eigenvalue weighted by molar-refractivity contribution is 0.601. The van der Waals surface area contributed by atoms with Crippen LogP contribution in [-0.2, 0) is 10.0 Å². The number of aromatic nitrogens is 2. The second-order valence-electron chi connectivity index (χ2n) is 4.27. The highest BCUT2D eigenvalue weighted by Crippen LogP contribution is 2.25. The lowest BCUT2D eigenvalue weighted by atomic mass is 10.3. The molecule has 0 aliphatic heterocycles. The minimum atomic E-state index is -3.76. The van der Waals surface area contributed by atoms with Gasteiger partial charge in [0.2, 0.25) is 0 Å². The van der Waals surface area contributed by atoms with Gasteiger partial charge in [-0.3, -0.25) is 9.71 Å². The van der Waals surface area contributed by atoms with Crippen molar-refractivity contribution in [1.82, 2.24) is 9.97 Å². The molecule has 0 bridgehead atoms. The predicted octanol–water partition coefficient (Wildman–Crippen LogP) is 2.78. The van der Waals surface area contributed by atoms with Gasteiger partial charge < -0.3 is 5.32 Å². The molecule has 6 nitrogen and oxygen atoms in total. The second kappa shape index (κ2) is 6.40. The Morgan fingerprint density at radius 2 is 2.10 bits per heavy atom. The molecular formula is C13H15BrN4O2S. The number of nitrogens with one attached hydrogen (secondary N) is 2. The summed E-state index contributed by atoms with van der Waals surface area (Å²) in [5.41, 5.74) is 1.05. The van der Waals surface area contributed by atoms with Gasteiger partial charge in [-0.1, -0.05) is 0 Å². The molecule has 112 valence electrons. The summed E-state index contributed by atoms with van der Waals surface area (Å²) in [6.07, 6.45) is 3.16. The second-order valence-corrected chi connectivity index (χ2v) is 6.84. The Kier molecular flexibility index (Phi) is 4.79. The molecule has 2 heterocycles. The number of rotatable bonds is 5. The maximum absolute atomic E-state index is 12.6. The van der Waals surface area contributed by atoms with Crippen molar-refractivity contribution in [3.8, 4) is 0 Å². The van der Waals surface area contributed by atoms with Gasteiger partial charge in [0.15, 0.2) is 0 Å². The molecule has 0 aliphatic carbocycles. The summed E-state index contributed by atoms with van der Waals surface area (Å²) >= 11 is 3.24. The van der Waals surface area contributed by atoms with E-state index >= 15 is 0 Å². The van der Waals surface area contributed by atoms with Crippen LogP contribution in [0.5, 0.6) is 0 Å². The first-order valence-corrected chi connectivity index (χ1v) is 8.55. The summed E-state index contributed by atoms with van der Waals surface area (Å²) < 4.78 is 28.3. The van der Waals surface area contributed by atoms with Crippen molar-refractivity contribution in [2.75, 3.05) is 16.6 Å². The third kappa shape index (κ3) is 3.70. The first kappa shape index (κ1) is 15.7. The third-order valence-corrected chi connectivity index (χ3v) is 4.52. The molecule has 0 unspecified atom stereocenters. The van der Waals surface area contributed by atoms with Crippen molar-refractivity contribution in [2.24, 2.45) is 0 Å². The van der Waals surface area contributed by atoms with Gasteiger partial charge >= 0.3 is 0 Å². The van der Waals surface area contributed by atoms with Crippen LogP contribution in [0.3, 0.4) is 0 Å². The first-order valence-electron chi connectivity index (χ1n) is 6.28. The molecule has 0 fully saturated rings. The number of aryl methyl sites for hydroxylation is 1. The smallest absolute Gasteiger partial charge is 0.265 e. The molecular weight excluding hydrogens is 356 g/mol. The summed E-state index contributed by atoms with van der Waals surface area (Å²) in [7, 11) is -3.76. The summed E-state index contributed by atoms with van der Waals surface area (Å²) in [6, 6.07) is 4.85. The van der Waals surface area contributed by atoms with Crippen molar-refractivity contribution < 1.29 is 8.42 Å². The summed E-state index contributed by atoms with van der Waals surface area (Å²) in [5.74, 6) is 0.315. The van der Waals surface area contributed by atoms with E-state index in [1.54, 1.807) is 31.5 Å². The molecule has 2 N–H and O–H groups in total. The highest BCUT2D eigenvalue weighted by Gasteiger charge is 2.21. The van der Waals surface area contributed by atoms with Crippen LogP contribution in [0.1, 0.15) is 12.6 Å². The number of hydrogen-bond acceptors (Lipinski definition) is 5. The normalized spacial score (nSPS) is 11.2. The largest absolute Gasteiger partial charge is 0.369 e. The topological polar surface area (TPSA) is 84.0 Å². The van der Waals surface area contributed by atoms with E-state index in [2.05, 4.69) is 35.9 Å². The van der Waals surface area contributed by atoms with E-state index in [0.29, 0.717) is 28.2 Å². The molecule has 0 spiro atoms. The maximum atomic E-state index is 12.6. The number of sulfonamides is 1. The Bertz CT molecular complexity index is 750. The fraction of sp³-hybridized carbons (Fsp3) is 0.231. The highest BCUT2D eigenvalue weighted by atomic mass is 79.9. The third-order valence-electron chi connectivity index (χ3n) is 2.70. The van der Waals surface area contributed by atoms with E-state index in [0.717, 1.165) is 0 Å². The first-order chi connectivity index (χ1) is 9.94. The molecule has 0 amide bonds. The predicted molar refractivity (Wildman–Crippen MR) is 85.9 cm³/mol. The van der Waals surface area contributed by atoms with Crippen LogP contribution in [0.15, 0.2) is 40.0 Å². The monoisotopic (exact) mass is 370 g/mol. The highest BCUT2D eigenvalue weighted by molar-refractivity contribution is 9.10. The Hall–Kier alpha value is -1.67. The minimum absolute atomic E-state index is 0.0852. The molecule has 8 heteroatoms. The molecule has 0 aliphatic rings. The molecule has 2 aromatic rings. The van der Waals surface area contributed by atoms with Crippen LogP contribution < -0.4 is 10.0 Å². The van der Waals surface area contributed by atoms with Crippen molar-refractivity contribution in [2.45, 2.75) is 18.7 Å². The lowest BCUT2D eigenvalue weighted by Gasteiger charge is -2.13. The number of halogens is 1. The fourth-order valence-electron chi connectivity index (χ4n) is 1.72. The molecule has 0 saturated heterocycles. The van der Waals surface area contributed by atoms with E-state index in [1.807, 2.05) is 6.92 Å². The van der Waals surface area contributed by atoms with E-state index in [1.165, 1.54) is 6.07 Å². The zero-order chi connectivity index (χ0) is 15.5. The van der Waals surface area contributed by atoms with Crippen LogP contribution in [0, 0.1) is 6.92 Å².